The molecule has 0 saturated carbocycles. The van der Waals surface area contributed by atoms with Crippen LogP contribution in [0.1, 0.15) is 40.0 Å². The molecule has 0 aromatic rings. The van der Waals surface area contributed by atoms with Crippen LogP contribution in [0, 0.1) is 5.92 Å². The first-order valence-electron chi connectivity index (χ1n) is 5.92. The molecule has 0 N–H and O–H groups in total. The van der Waals surface area contributed by atoms with Crippen molar-refractivity contribution in [2.45, 2.75) is 40.0 Å². The van der Waals surface area contributed by atoms with Gasteiger partial charge in [0.2, 0.25) is 0 Å². The van der Waals surface area contributed by atoms with Crippen LogP contribution in [0.3, 0.4) is 0 Å². The zero-order valence-corrected chi connectivity index (χ0v) is 10.8. The number of hydrogen-bond acceptors (Lipinski definition) is 3. The number of nitrogens with zero attached hydrogens (tertiary/aromatic N) is 3. The Morgan fingerprint density at radius 3 is 2.76 bits per heavy atom. The van der Waals surface area contributed by atoms with Crippen molar-refractivity contribution in [1.29, 1.82) is 0 Å². The van der Waals surface area contributed by atoms with Gasteiger partial charge in [-0.1, -0.05) is 16.8 Å². The topological polar surface area (TPSA) is 75.1 Å². The van der Waals surface area contributed by atoms with Crippen molar-refractivity contribution in [1.82, 2.24) is 0 Å². The highest BCUT2D eigenvalue weighted by molar-refractivity contribution is 5.72. The summed E-state index contributed by atoms with van der Waals surface area (Å²) < 4.78 is 5.02. The van der Waals surface area contributed by atoms with Gasteiger partial charge in [0.05, 0.1) is 12.5 Å². The molecule has 0 aliphatic heterocycles. The van der Waals surface area contributed by atoms with Gasteiger partial charge in [0.15, 0.2) is 0 Å². The van der Waals surface area contributed by atoms with E-state index in [1.807, 2.05) is 19.9 Å². The van der Waals surface area contributed by atoms with E-state index in [1.54, 1.807) is 6.92 Å². The molecule has 5 nitrogen and oxygen atoms in total. The summed E-state index contributed by atoms with van der Waals surface area (Å²) in [6.07, 6.45) is 4.14. The van der Waals surface area contributed by atoms with E-state index in [4.69, 9.17) is 10.3 Å². The molecule has 0 saturated heterocycles. The zero-order valence-electron chi connectivity index (χ0n) is 10.8. The van der Waals surface area contributed by atoms with E-state index < -0.39 is 0 Å². The Labute approximate surface area is 102 Å². The monoisotopic (exact) mass is 239 g/mol. The second-order valence-electron chi connectivity index (χ2n) is 4.06. The van der Waals surface area contributed by atoms with Crippen molar-refractivity contribution in [3.05, 3.63) is 22.1 Å². The second kappa shape index (κ2) is 9.73. The number of azide groups is 1. The van der Waals surface area contributed by atoms with Gasteiger partial charge in [-0.2, -0.15) is 0 Å². The van der Waals surface area contributed by atoms with Crippen molar-refractivity contribution in [3.8, 4) is 0 Å². The smallest absolute Gasteiger partial charge is 0.309 e. The molecule has 0 heterocycles. The third-order valence-electron chi connectivity index (χ3n) is 2.30. The molecule has 0 fully saturated rings. The fraction of sp³-hybridized carbons (Fsp3) is 0.750. The molecule has 1 atom stereocenters. The summed E-state index contributed by atoms with van der Waals surface area (Å²) in [5.41, 5.74) is 9.35. The third kappa shape index (κ3) is 8.34. The Morgan fingerprint density at radius 2 is 2.24 bits per heavy atom. The van der Waals surface area contributed by atoms with Crippen LogP contribution in [0.15, 0.2) is 16.8 Å². The normalized spacial score (nSPS) is 11.2. The molecule has 0 aliphatic carbocycles. The summed E-state index contributed by atoms with van der Waals surface area (Å²) in [4.78, 5) is 14.3. The van der Waals surface area contributed by atoms with Crippen LogP contribution in [0.5, 0.6) is 0 Å². The molecule has 5 heteroatoms. The van der Waals surface area contributed by atoms with Gasteiger partial charge in [-0.3, -0.25) is 4.79 Å². The quantitative estimate of drug-likeness (QED) is 0.162. The molecular weight excluding hydrogens is 218 g/mol. The Morgan fingerprint density at radius 1 is 1.53 bits per heavy atom. The summed E-state index contributed by atoms with van der Waals surface area (Å²) in [6.45, 7) is 6.64. The number of ether oxygens (including phenoxy) is 1. The Hall–Kier alpha value is -1.48. The summed E-state index contributed by atoms with van der Waals surface area (Å²) in [7, 11) is 0. The van der Waals surface area contributed by atoms with Gasteiger partial charge < -0.3 is 4.74 Å². The Balaban J connectivity index is 4.23. The van der Waals surface area contributed by atoms with Crippen molar-refractivity contribution in [2.24, 2.45) is 11.0 Å². The van der Waals surface area contributed by atoms with Crippen molar-refractivity contribution in [2.75, 3.05) is 13.2 Å². The average molecular weight is 239 g/mol. The summed E-state index contributed by atoms with van der Waals surface area (Å²) in [5.74, 6) is -0.287. The summed E-state index contributed by atoms with van der Waals surface area (Å²) in [5, 5.41) is 3.46. The Kier molecular flexibility index (Phi) is 8.88. The molecule has 0 amide bonds. The molecule has 0 aliphatic rings. The van der Waals surface area contributed by atoms with Crippen LogP contribution in [-0.2, 0) is 9.53 Å². The molecule has 17 heavy (non-hydrogen) atoms. The molecule has 0 radical (unpaired) electrons. The SMILES string of the molecule is CCOC(=O)C(CC=C(C)C)CCCN=[N+]=[N-]. The van der Waals surface area contributed by atoms with Crippen LogP contribution in [-0.4, -0.2) is 19.1 Å². The fourth-order valence-corrected chi connectivity index (χ4v) is 1.42. The molecule has 0 bridgehead atoms. The molecule has 0 aromatic carbocycles. The van der Waals surface area contributed by atoms with E-state index in [0.717, 1.165) is 0 Å². The molecule has 0 rings (SSSR count). The van der Waals surface area contributed by atoms with E-state index in [2.05, 4.69) is 10.0 Å². The third-order valence-corrected chi connectivity index (χ3v) is 2.30. The first-order valence-corrected chi connectivity index (χ1v) is 5.92. The van der Waals surface area contributed by atoms with Crippen LogP contribution in [0.25, 0.3) is 10.4 Å². The van der Waals surface area contributed by atoms with Gasteiger partial charge in [0.25, 0.3) is 0 Å². The lowest BCUT2D eigenvalue weighted by atomic mass is 9.98. The molecule has 96 valence electrons. The van der Waals surface area contributed by atoms with Crippen LogP contribution >= 0.6 is 0 Å². The Bertz CT molecular complexity index is 303. The number of esters is 1. The number of allylic oxidation sites excluding steroid dienone is 2. The highest BCUT2D eigenvalue weighted by Gasteiger charge is 2.17. The van der Waals surface area contributed by atoms with Crippen LogP contribution < -0.4 is 0 Å². The zero-order chi connectivity index (χ0) is 13.1. The van der Waals surface area contributed by atoms with Crippen molar-refractivity contribution in [3.63, 3.8) is 0 Å². The second-order valence-corrected chi connectivity index (χ2v) is 4.06. The maximum atomic E-state index is 11.7. The summed E-state index contributed by atoms with van der Waals surface area (Å²) in [6, 6.07) is 0. The minimum Gasteiger partial charge on any atom is -0.466 e. The molecular formula is C12H21N3O2. The predicted molar refractivity (Wildman–Crippen MR) is 67.4 cm³/mol. The lowest BCUT2D eigenvalue weighted by molar-refractivity contribution is -0.148. The van der Waals surface area contributed by atoms with E-state index in [1.165, 1.54) is 5.57 Å². The fourth-order valence-electron chi connectivity index (χ4n) is 1.42. The van der Waals surface area contributed by atoms with Gasteiger partial charge in [0, 0.05) is 11.5 Å². The maximum absolute atomic E-state index is 11.7. The molecule has 1 unspecified atom stereocenters. The van der Waals surface area contributed by atoms with Gasteiger partial charge in [-0.15, -0.1) is 0 Å². The first kappa shape index (κ1) is 15.5. The van der Waals surface area contributed by atoms with Crippen LogP contribution in [0.4, 0.5) is 0 Å². The average Bonchev–Trinajstić information content (AvgIpc) is 2.28. The van der Waals surface area contributed by atoms with Crippen molar-refractivity contribution >= 4 is 5.97 Å². The summed E-state index contributed by atoms with van der Waals surface area (Å²) >= 11 is 0. The van der Waals surface area contributed by atoms with Gasteiger partial charge in [-0.25, -0.2) is 0 Å². The lowest BCUT2D eigenvalue weighted by Crippen LogP contribution is -2.17. The van der Waals surface area contributed by atoms with E-state index in [9.17, 15) is 4.79 Å². The van der Waals surface area contributed by atoms with E-state index >= 15 is 0 Å². The number of rotatable bonds is 8. The number of hydrogen-bond donors (Lipinski definition) is 0. The highest BCUT2D eigenvalue weighted by Crippen LogP contribution is 2.15. The lowest BCUT2D eigenvalue weighted by Gasteiger charge is -2.13. The largest absolute Gasteiger partial charge is 0.466 e. The minimum absolute atomic E-state index is 0.126. The minimum atomic E-state index is -0.161. The van der Waals surface area contributed by atoms with Gasteiger partial charge >= 0.3 is 5.97 Å². The van der Waals surface area contributed by atoms with Crippen LogP contribution in [0.2, 0.25) is 0 Å². The number of carbonyl (C=O) groups is 1. The predicted octanol–water partition coefficient (Wildman–Crippen LogP) is 3.61. The standard InChI is InChI=1S/C12H21N3O2/c1-4-17-12(16)11(8-7-10(2)3)6-5-9-14-15-13/h7,11H,4-6,8-9H2,1-3H3. The molecule has 0 spiro atoms. The maximum Gasteiger partial charge on any atom is 0.309 e. The van der Waals surface area contributed by atoms with Gasteiger partial charge in [-0.05, 0) is 45.6 Å². The highest BCUT2D eigenvalue weighted by atomic mass is 16.5. The number of carbonyl (C=O) groups excluding carboxylic acids is 1. The van der Waals surface area contributed by atoms with E-state index in [-0.39, 0.29) is 11.9 Å². The molecule has 0 aromatic heterocycles. The van der Waals surface area contributed by atoms with Gasteiger partial charge in [0.1, 0.15) is 0 Å². The van der Waals surface area contributed by atoms with E-state index in [0.29, 0.717) is 32.4 Å². The van der Waals surface area contributed by atoms with Crippen molar-refractivity contribution < 1.29 is 9.53 Å². The first-order chi connectivity index (χ1) is 8.11.